The lowest BCUT2D eigenvalue weighted by atomic mass is 10.1. The van der Waals surface area contributed by atoms with E-state index in [4.69, 9.17) is 5.73 Å². The van der Waals surface area contributed by atoms with E-state index in [1.54, 1.807) is 6.07 Å². The summed E-state index contributed by atoms with van der Waals surface area (Å²) >= 11 is 0. The van der Waals surface area contributed by atoms with Gasteiger partial charge in [-0.3, -0.25) is 15.1 Å². The predicted molar refractivity (Wildman–Crippen MR) is 50.5 cm³/mol. The molecular weight excluding hydrogens is 182 g/mol. The van der Waals surface area contributed by atoms with Crippen LogP contribution in [0.3, 0.4) is 0 Å². The minimum absolute atomic E-state index is 0.0109. The fraction of sp³-hybridized carbons (Fsp3) is 0.444. The van der Waals surface area contributed by atoms with Gasteiger partial charge in [0, 0.05) is 12.1 Å². The Morgan fingerprint density at radius 3 is 2.71 bits per heavy atom. The third kappa shape index (κ3) is 1.72. The molecule has 0 saturated heterocycles. The van der Waals surface area contributed by atoms with Crippen LogP contribution in [0.5, 0.6) is 0 Å². The molecule has 2 rings (SSSR count). The third-order valence-electron chi connectivity index (χ3n) is 2.45. The molecule has 1 atom stereocenters. The summed E-state index contributed by atoms with van der Waals surface area (Å²) in [5, 5.41) is 10.4. The highest BCUT2D eigenvalue weighted by Crippen LogP contribution is 2.38. The lowest BCUT2D eigenvalue weighted by molar-refractivity contribution is -0.385. The van der Waals surface area contributed by atoms with Crippen molar-refractivity contribution < 1.29 is 4.92 Å². The minimum Gasteiger partial charge on any atom is -0.322 e. The molecule has 0 bridgehead atoms. The van der Waals surface area contributed by atoms with Crippen molar-refractivity contribution in [3.8, 4) is 0 Å². The van der Waals surface area contributed by atoms with Gasteiger partial charge in [-0.15, -0.1) is 0 Å². The van der Waals surface area contributed by atoms with Crippen LogP contribution >= 0.6 is 0 Å². The minimum atomic E-state index is -0.459. The van der Waals surface area contributed by atoms with Gasteiger partial charge < -0.3 is 5.73 Å². The number of nitrogens with zero attached hydrogens (tertiary/aromatic N) is 2. The first kappa shape index (κ1) is 9.08. The van der Waals surface area contributed by atoms with E-state index in [0.29, 0.717) is 5.92 Å². The molecule has 1 aromatic rings. The fourth-order valence-electron chi connectivity index (χ4n) is 1.40. The van der Waals surface area contributed by atoms with Crippen LogP contribution in [0.25, 0.3) is 0 Å². The molecule has 0 unspecified atom stereocenters. The van der Waals surface area contributed by atoms with E-state index in [9.17, 15) is 10.1 Å². The van der Waals surface area contributed by atoms with Crippen LogP contribution in [0.15, 0.2) is 18.3 Å². The van der Waals surface area contributed by atoms with Crippen molar-refractivity contribution in [1.82, 2.24) is 4.98 Å². The molecule has 1 aliphatic carbocycles. The molecule has 0 radical (unpaired) electrons. The molecule has 1 heterocycles. The van der Waals surface area contributed by atoms with Crippen molar-refractivity contribution in [2.45, 2.75) is 18.9 Å². The van der Waals surface area contributed by atoms with Crippen molar-refractivity contribution in [3.05, 3.63) is 34.1 Å². The van der Waals surface area contributed by atoms with Crippen LogP contribution in [0.1, 0.15) is 24.6 Å². The SMILES string of the molecule is N[C@H](c1ccc([N+](=O)[O-])cn1)C1CC1. The standard InChI is InChI=1S/C9H11N3O2/c10-9(6-1-2-6)8-4-3-7(5-11-8)12(13)14/h3-6,9H,1-2,10H2/t9-/m0/s1. The highest BCUT2D eigenvalue weighted by molar-refractivity contribution is 5.28. The molecule has 0 amide bonds. The van der Waals surface area contributed by atoms with E-state index < -0.39 is 4.92 Å². The van der Waals surface area contributed by atoms with Gasteiger partial charge in [-0.1, -0.05) is 0 Å². The molecule has 5 heteroatoms. The average molecular weight is 193 g/mol. The summed E-state index contributed by atoms with van der Waals surface area (Å²) in [6, 6.07) is 3.03. The first-order valence-electron chi connectivity index (χ1n) is 4.54. The summed E-state index contributed by atoms with van der Waals surface area (Å²) in [6.07, 6.45) is 3.54. The largest absolute Gasteiger partial charge is 0.322 e. The zero-order valence-corrected chi connectivity index (χ0v) is 7.59. The monoisotopic (exact) mass is 193 g/mol. The van der Waals surface area contributed by atoms with Gasteiger partial charge >= 0.3 is 0 Å². The second kappa shape index (κ2) is 3.34. The molecule has 2 N–H and O–H groups in total. The van der Waals surface area contributed by atoms with Gasteiger partial charge in [-0.05, 0) is 24.8 Å². The number of pyridine rings is 1. The smallest absolute Gasteiger partial charge is 0.287 e. The van der Waals surface area contributed by atoms with Crippen LogP contribution in [-0.2, 0) is 0 Å². The van der Waals surface area contributed by atoms with Crippen molar-refractivity contribution in [3.63, 3.8) is 0 Å². The molecule has 0 spiro atoms. The summed E-state index contributed by atoms with van der Waals surface area (Å²) < 4.78 is 0. The lowest BCUT2D eigenvalue weighted by Crippen LogP contribution is -2.13. The summed E-state index contributed by atoms with van der Waals surface area (Å²) in [5.74, 6) is 0.518. The first-order chi connectivity index (χ1) is 6.68. The first-order valence-corrected chi connectivity index (χ1v) is 4.54. The summed E-state index contributed by atoms with van der Waals surface area (Å²) in [5.41, 5.74) is 6.65. The lowest BCUT2D eigenvalue weighted by Gasteiger charge is -2.07. The molecule has 1 fully saturated rings. The van der Waals surface area contributed by atoms with Crippen LogP contribution in [0.4, 0.5) is 5.69 Å². The molecule has 0 aliphatic heterocycles. The fourth-order valence-corrected chi connectivity index (χ4v) is 1.40. The van der Waals surface area contributed by atoms with Gasteiger partial charge in [0.05, 0.1) is 10.6 Å². The van der Waals surface area contributed by atoms with Gasteiger partial charge in [-0.2, -0.15) is 0 Å². The Bertz CT molecular complexity index is 346. The zero-order valence-electron chi connectivity index (χ0n) is 7.59. The molecule has 1 saturated carbocycles. The third-order valence-corrected chi connectivity index (χ3v) is 2.45. The highest BCUT2D eigenvalue weighted by Gasteiger charge is 2.30. The maximum absolute atomic E-state index is 10.4. The van der Waals surface area contributed by atoms with Crippen LogP contribution in [0, 0.1) is 16.0 Å². The molecule has 1 aliphatic rings. The summed E-state index contributed by atoms with van der Waals surface area (Å²) in [6.45, 7) is 0. The van der Waals surface area contributed by atoms with E-state index >= 15 is 0 Å². The Balaban J connectivity index is 2.16. The van der Waals surface area contributed by atoms with E-state index in [-0.39, 0.29) is 11.7 Å². The van der Waals surface area contributed by atoms with Crippen molar-refractivity contribution in [2.24, 2.45) is 11.7 Å². The topological polar surface area (TPSA) is 82.0 Å². The number of hydrogen-bond acceptors (Lipinski definition) is 4. The second-order valence-corrected chi connectivity index (χ2v) is 3.56. The number of rotatable bonds is 3. The Labute approximate surface area is 81.1 Å². The predicted octanol–water partition coefficient (Wildman–Crippen LogP) is 1.40. The van der Waals surface area contributed by atoms with Gasteiger partial charge in [0.15, 0.2) is 0 Å². The maximum Gasteiger partial charge on any atom is 0.287 e. The van der Waals surface area contributed by atoms with Gasteiger partial charge in [0.2, 0.25) is 0 Å². The molecule has 1 aromatic heterocycles. The van der Waals surface area contributed by atoms with E-state index in [0.717, 1.165) is 18.5 Å². The van der Waals surface area contributed by atoms with E-state index in [1.165, 1.54) is 12.3 Å². The van der Waals surface area contributed by atoms with Gasteiger partial charge in [0.1, 0.15) is 6.20 Å². The molecule has 0 aromatic carbocycles. The van der Waals surface area contributed by atoms with Crippen LogP contribution in [0.2, 0.25) is 0 Å². The normalized spacial score (nSPS) is 17.8. The maximum atomic E-state index is 10.4. The number of nitrogens with two attached hydrogens (primary N) is 1. The van der Waals surface area contributed by atoms with E-state index in [1.807, 2.05) is 0 Å². The number of aromatic nitrogens is 1. The quantitative estimate of drug-likeness (QED) is 0.581. The Hall–Kier alpha value is -1.49. The van der Waals surface area contributed by atoms with Crippen molar-refractivity contribution in [2.75, 3.05) is 0 Å². The van der Waals surface area contributed by atoms with E-state index in [2.05, 4.69) is 4.98 Å². The molecule has 14 heavy (non-hydrogen) atoms. The Kier molecular flexibility index (Phi) is 2.17. The van der Waals surface area contributed by atoms with Crippen LogP contribution < -0.4 is 5.73 Å². The van der Waals surface area contributed by atoms with Crippen LogP contribution in [-0.4, -0.2) is 9.91 Å². The second-order valence-electron chi connectivity index (χ2n) is 3.56. The number of nitro groups is 1. The highest BCUT2D eigenvalue weighted by atomic mass is 16.6. The Morgan fingerprint density at radius 2 is 2.29 bits per heavy atom. The Morgan fingerprint density at radius 1 is 1.57 bits per heavy atom. The van der Waals surface area contributed by atoms with Crippen molar-refractivity contribution >= 4 is 5.69 Å². The average Bonchev–Trinajstić information content (AvgIpc) is 3.00. The van der Waals surface area contributed by atoms with Gasteiger partial charge in [-0.25, -0.2) is 0 Å². The summed E-state index contributed by atoms with van der Waals surface area (Å²) in [7, 11) is 0. The zero-order chi connectivity index (χ0) is 10.1. The van der Waals surface area contributed by atoms with Crippen molar-refractivity contribution in [1.29, 1.82) is 0 Å². The molecule has 74 valence electrons. The molecular formula is C9H11N3O2. The molecule has 5 nitrogen and oxygen atoms in total. The van der Waals surface area contributed by atoms with Gasteiger partial charge in [0.25, 0.3) is 5.69 Å². The summed E-state index contributed by atoms with van der Waals surface area (Å²) in [4.78, 5) is 13.9. The number of hydrogen-bond donors (Lipinski definition) is 1.